The van der Waals surface area contributed by atoms with Crippen LogP contribution in [0.15, 0.2) is 46.9 Å². The highest BCUT2D eigenvalue weighted by molar-refractivity contribution is 5.92. The first-order chi connectivity index (χ1) is 16.0. The number of aromatic carboxylic acids is 1. The molecule has 33 heavy (non-hydrogen) atoms. The second-order valence-corrected chi connectivity index (χ2v) is 9.57. The van der Waals surface area contributed by atoms with Crippen molar-refractivity contribution in [2.75, 3.05) is 19.7 Å². The Morgan fingerprint density at radius 3 is 2.58 bits per heavy atom. The summed E-state index contributed by atoms with van der Waals surface area (Å²) in [4.78, 5) is 30.3. The third kappa shape index (κ3) is 3.60. The number of carboxylic acid groups (broad SMARTS) is 1. The number of rotatable bonds is 4. The molecule has 6 rings (SSSR count). The van der Waals surface area contributed by atoms with E-state index in [4.69, 9.17) is 14.3 Å². The average Bonchev–Trinajstić information content (AvgIpc) is 3.21. The molecule has 7 nitrogen and oxygen atoms in total. The van der Waals surface area contributed by atoms with Gasteiger partial charge in [0.15, 0.2) is 5.58 Å². The molecule has 2 atom stereocenters. The van der Waals surface area contributed by atoms with E-state index >= 15 is 0 Å². The number of aromatic nitrogens is 1. The third-order valence-corrected chi connectivity index (χ3v) is 7.66. The number of nitrogens with zero attached hydrogens (tertiary/aromatic N) is 2. The Hall–Kier alpha value is -3.19. The minimum atomic E-state index is -0.986. The summed E-state index contributed by atoms with van der Waals surface area (Å²) >= 11 is 0. The van der Waals surface area contributed by atoms with Crippen molar-refractivity contribution >= 4 is 23.0 Å². The molecule has 170 valence electrons. The van der Waals surface area contributed by atoms with Crippen molar-refractivity contribution in [3.63, 3.8) is 0 Å². The minimum absolute atomic E-state index is 0.178. The highest BCUT2D eigenvalue weighted by atomic mass is 16.5. The fourth-order valence-electron chi connectivity index (χ4n) is 5.56. The second kappa shape index (κ2) is 7.70. The maximum Gasteiger partial charge on any atom is 0.335 e. The third-order valence-electron chi connectivity index (χ3n) is 7.66. The first-order valence-corrected chi connectivity index (χ1v) is 11.7. The standard InChI is InChI=1S/C26H26N2O5/c29-24(21-2-1-13-32-21)28-11-9-26(10-12-28)15-19(26)16-3-5-17(6-4-16)23-27-20-8-7-18(25(30)31)14-22(20)33-23/h3-8,14,19,21H,1-2,9-13,15H2,(H,30,31)/t19-,21+/m0/s1. The molecule has 1 aliphatic carbocycles. The lowest BCUT2D eigenvalue weighted by atomic mass is 9.88. The number of piperidine rings is 1. The van der Waals surface area contributed by atoms with Gasteiger partial charge in [-0.25, -0.2) is 9.78 Å². The van der Waals surface area contributed by atoms with E-state index in [-0.39, 0.29) is 17.6 Å². The van der Waals surface area contributed by atoms with E-state index in [1.807, 2.05) is 17.0 Å². The number of carbonyl (C=O) groups excluding carboxylic acids is 1. The van der Waals surface area contributed by atoms with Crippen LogP contribution in [0.1, 0.15) is 53.9 Å². The highest BCUT2D eigenvalue weighted by Crippen LogP contribution is 2.65. The Balaban J connectivity index is 1.12. The molecule has 1 aromatic heterocycles. The molecule has 0 radical (unpaired) electrons. The van der Waals surface area contributed by atoms with Crippen molar-refractivity contribution in [3.05, 3.63) is 53.6 Å². The van der Waals surface area contributed by atoms with Crippen molar-refractivity contribution in [1.82, 2.24) is 9.88 Å². The van der Waals surface area contributed by atoms with Gasteiger partial charge < -0.3 is 19.2 Å². The summed E-state index contributed by atoms with van der Waals surface area (Å²) in [5.41, 5.74) is 3.81. The van der Waals surface area contributed by atoms with Crippen LogP contribution in [0, 0.1) is 5.41 Å². The van der Waals surface area contributed by atoms with Gasteiger partial charge >= 0.3 is 5.97 Å². The molecule has 2 aliphatic heterocycles. The van der Waals surface area contributed by atoms with E-state index in [1.54, 1.807) is 6.07 Å². The van der Waals surface area contributed by atoms with E-state index < -0.39 is 5.97 Å². The van der Waals surface area contributed by atoms with E-state index in [9.17, 15) is 9.59 Å². The Morgan fingerprint density at radius 2 is 1.88 bits per heavy atom. The van der Waals surface area contributed by atoms with Gasteiger partial charge in [-0.05, 0) is 79.3 Å². The zero-order valence-corrected chi connectivity index (χ0v) is 18.3. The zero-order chi connectivity index (χ0) is 22.6. The van der Waals surface area contributed by atoms with Crippen molar-refractivity contribution in [2.24, 2.45) is 5.41 Å². The van der Waals surface area contributed by atoms with Crippen LogP contribution in [-0.4, -0.2) is 52.7 Å². The second-order valence-electron chi connectivity index (χ2n) is 9.57. The smallest absolute Gasteiger partial charge is 0.335 e. The van der Waals surface area contributed by atoms with Crippen LogP contribution in [0.25, 0.3) is 22.6 Å². The molecule has 3 aliphatic rings. The predicted molar refractivity (Wildman–Crippen MR) is 121 cm³/mol. The molecule has 3 fully saturated rings. The van der Waals surface area contributed by atoms with Gasteiger partial charge in [-0.15, -0.1) is 0 Å². The van der Waals surface area contributed by atoms with Crippen molar-refractivity contribution < 1.29 is 23.8 Å². The summed E-state index contributed by atoms with van der Waals surface area (Å²) in [6.07, 6.45) is 4.90. The number of oxazole rings is 1. The topological polar surface area (TPSA) is 92.9 Å². The van der Waals surface area contributed by atoms with Crippen molar-refractivity contribution in [3.8, 4) is 11.5 Å². The average molecular weight is 447 g/mol. The van der Waals surface area contributed by atoms with Gasteiger partial charge in [0.1, 0.15) is 11.6 Å². The number of carbonyl (C=O) groups is 2. The number of hydrogen-bond donors (Lipinski definition) is 1. The van der Waals surface area contributed by atoms with E-state index in [2.05, 4.69) is 17.1 Å². The zero-order valence-electron chi connectivity index (χ0n) is 18.3. The summed E-state index contributed by atoms with van der Waals surface area (Å²) < 4.78 is 11.4. The number of fused-ring (bicyclic) bond motifs is 1. The Bertz CT molecular complexity index is 1220. The fraction of sp³-hybridized carbons (Fsp3) is 0.423. The fourth-order valence-corrected chi connectivity index (χ4v) is 5.56. The van der Waals surface area contributed by atoms with Gasteiger partial charge in [-0.2, -0.15) is 0 Å². The van der Waals surface area contributed by atoms with Crippen LogP contribution in [0.4, 0.5) is 0 Å². The minimum Gasteiger partial charge on any atom is -0.478 e. The molecule has 1 saturated carbocycles. The van der Waals surface area contributed by atoms with Gasteiger partial charge in [0.05, 0.1) is 5.56 Å². The van der Waals surface area contributed by atoms with Gasteiger partial charge in [0, 0.05) is 25.3 Å². The molecular weight excluding hydrogens is 420 g/mol. The summed E-state index contributed by atoms with van der Waals surface area (Å²) in [5.74, 6) is 0.219. The molecule has 1 amide bonds. The molecule has 1 N–H and O–H groups in total. The molecule has 3 heterocycles. The maximum absolute atomic E-state index is 12.6. The van der Waals surface area contributed by atoms with Crippen LogP contribution >= 0.6 is 0 Å². The van der Waals surface area contributed by atoms with Crippen LogP contribution in [0.2, 0.25) is 0 Å². The normalized spacial score (nSPS) is 23.8. The molecule has 0 bridgehead atoms. The SMILES string of the molecule is O=C(O)c1ccc2nc(-c3ccc([C@@H]4CC45CCN(C(=O)[C@H]4CCCO4)CC5)cc3)oc2c1. The molecule has 2 aromatic carbocycles. The van der Waals surface area contributed by atoms with Crippen molar-refractivity contribution in [1.29, 1.82) is 0 Å². The van der Waals surface area contributed by atoms with E-state index in [0.29, 0.717) is 34.9 Å². The van der Waals surface area contributed by atoms with Crippen LogP contribution in [-0.2, 0) is 9.53 Å². The molecule has 3 aromatic rings. The molecule has 0 unspecified atom stereocenters. The van der Waals surface area contributed by atoms with E-state index in [1.165, 1.54) is 24.1 Å². The van der Waals surface area contributed by atoms with Crippen LogP contribution in [0.3, 0.4) is 0 Å². The van der Waals surface area contributed by atoms with Gasteiger partial charge in [-0.1, -0.05) is 12.1 Å². The van der Waals surface area contributed by atoms with Gasteiger partial charge in [0.25, 0.3) is 5.91 Å². The number of amides is 1. The molecular formula is C26H26N2O5. The van der Waals surface area contributed by atoms with Crippen molar-refractivity contribution in [2.45, 2.75) is 44.1 Å². The number of carboxylic acids is 1. The summed E-state index contributed by atoms with van der Waals surface area (Å²) in [6, 6.07) is 13.1. The molecule has 7 heteroatoms. The quantitative estimate of drug-likeness (QED) is 0.636. The molecule has 1 spiro atoms. The first kappa shape index (κ1) is 20.4. The highest BCUT2D eigenvalue weighted by Gasteiger charge is 2.55. The van der Waals surface area contributed by atoms with E-state index in [0.717, 1.165) is 44.3 Å². The number of ether oxygens (including phenoxy) is 1. The lowest BCUT2D eigenvalue weighted by Crippen LogP contribution is -2.44. The predicted octanol–water partition coefficient (Wildman–Crippen LogP) is 4.47. The van der Waals surface area contributed by atoms with Crippen LogP contribution in [0.5, 0.6) is 0 Å². The van der Waals surface area contributed by atoms with Gasteiger partial charge in [0.2, 0.25) is 5.89 Å². The Morgan fingerprint density at radius 1 is 1.09 bits per heavy atom. The number of benzene rings is 2. The lowest BCUT2D eigenvalue weighted by molar-refractivity contribution is -0.142. The van der Waals surface area contributed by atoms with Gasteiger partial charge in [-0.3, -0.25) is 4.79 Å². The number of likely N-dealkylation sites (tertiary alicyclic amines) is 1. The Labute approximate surface area is 191 Å². The first-order valence-electron chi connectivity index (χ1n) is 11.7. The summed E-state index contributed by atoms with van der Waals surface area (Å²) in [7, 11) is 0. The summed E-state index contributed by atoms with van der Waals surface area (Å²) in [6.45, 7) is 2.36. The largest absolute Gasteiger partial charge is 0.478 e. The summed E-state index contributed by atoms with van der Waals surface area (Å²) in [5, 5.41) is 9.17. The van der Waals surface area contributed by atoms with Crippen LogP contribution < -0.4 is 0 Å². The Kier molecular flexibility index (Phi) is 4.76. The lowest BCUT2D eigenvalue weighted by Gasteiger charge is -2.34. The number of hydrogen-bond acceptors (Lipinski definition) is 5. The monoisotopic (exact) mass is 446 g/mol. The molecule has 2 saturated heterocycles. The maximum atomic E-state index is 12.6.